The first-order valence-electron chi connectivity index (χ1n) is 10.9. The largest absolute Gasteiger partial charge is 0.355 e. The van der Waals surface area contributed by atoms with Gasteiger partial charge in [0.25, 0.3) is 0 Å². The Kier molecular flexibility index (Phi) is 10.1. The van der Waals surface area contributed by atoms with Gasteiger partial charge in [0.2, 0.25) is 0 Å². The van der Waals surface area contributed by atoms with Crippen LogP contribution in [0.4, 0.5) is 0 Å². The number of nitrogens with one attached hydrogen (secondary N) is 2. The molecule has 1 aliphatic heterocycles. The molecule has 2 N–H and O–H groups in total. The molecule has 1 unspecified atom stereocenters. The summed E-state index contributed by atoms with van der Waals surface area (Å²) in [6, 6.07) is 11.3. The number of nitrogens with zero attached hydrogens (tertiary/aromatic N) is 4. The zero-order valence-corrected chi connectivity index (χ0v) is 21.1. The quantitative estimate of drug-likeness (QED) is 0.316. The fourth-order valence-corrected chi connectivity index (χ4v) is 4.35. The summed E-state index contributed by atoms with van der Waals surface area (Å²) in [5.74, 6) is 0.865. The highest BCUT2D eigenvalue weighted by molar-refractivity contribution is 14.0. The normalized spacial score (nSPS) is 17.1. The molecule has 1 aromatic carbocycles. The van der Waals surface area contributed by atoms with Crippen LogP contribution in [0.1, 0.15) is 49.2 Å². The van der Waals surface area contributed by atoms with Gasteiger partial charge in [0.1, 0.15) is 0 Å². The molecule has 1 fully saturated rings. The van der Waals surface area contributed by atoms with Crippen molar-refractivity contribution < 1.29 is 0 Å². The maximum atomic E-state index is 4.67. The number of aryl methyl sites for hydroxylation is 2. The lowest BCUT2D eigenvalue weighted by Crippen LogP contribution is -2.44. The molecule has 0 spiro atoms. The van der Waals surface area contributed by atoms with E-state index in [2.05, 4.69) is 69.8 Å². The van der Waals surface area contributed by atoms with E-state index in [1.165, 1.54) is 41.9 Å². The van der Waals surface area contributed by atoms with Crippen LogP contribution in [0, 0.1) is 0 Å². The van der Waals surface area contributed by atoms with Gasteiger partial charge in [0, 0.05) is 51.0 Å². The van der Waals surface area contributed by atoms with E-state index in [1.807, 2.05) is 18.8 Å². The Bertz CT molecular complexity index is 802. The standard InChI is InChI=1S/C23H36N6.HI/c1-5-21-20(22(6-2)28(4)27-21)16-26-23(24-3)25-15-19-13-10-14-29(19)17-18-11-8-7-9-12-18;/h7-9,11-12,19H,5-6,10,13-17H2,1-4H3,(H2,24,25,26);1H. The lowest BCUT2D eigenvalue weighted by Gasteiger charge is -2.25. The fourth-order valence-electron chi connectivity index (χ4n) is 4.35. The van der Waals surface area contributed by atoms with Crippen LogP contribution in [0.3, 0.4) is 0 Å². The fraction of sp³-hybridized carbons (Fsp3) is 0.565. The first kappa shape index (κ1) is 24.7. The highest BCUT2D eigenvalue weighted by atomic mass is 127. The van der Waals surface area contributed by atoms with Crippen LogP contribution < -0.4 is 10.6 Å². The third-order valence-electron chi connectivity index (χ3n) is 5.92. The third-order valence-corrected chi connectivity index (χ3v) is 5.92. The van der Waals surface area contributed by atoms with Crippen LogP contribution in [0.25, 0.3) is 0 Å². The Morgan fingerprint density at radius 1 is 1.17 bits per heavy atom. The molecule has 2 aromatic rings. The number of rotatable bonds is 8. The number of aliphatic imine (C=N–C) groups is 1. The lowest BCUT2D eigenvalue weighted by atomic mass is 10.1. The van der Waals surface area contributed by atoms with E-state index in [1.54, 1.807) is 0 Å². The molecule has 0 saturated carbocycles. The number of halogens is 1. The van der Waals surface area contributed by atoms with Crippen molar-refractivity contribution in [1.82, 2.24) is 25.3 Å². The SMILES string of the molecule is CCc1nn(C)c(CC)c1CNC(=NC)NCC1CCCN1Cc1ccccc1.I. The Labute approximate surface area is 198 Å². The molecule has 1 aromatic heterocycles. The molecule has 0 amide bonds. The van der Waals surface area contributed by atoms with Crippen LogP contribution in [0.2, 0.25) is 0 Å². The predicted molar refractivity (Wildman–Crippen MR) is 135 cm³/mol. The molecule has 166 valence electrons. The Balaban J connectivity index is 0.00000320. The summed E-state index contributed by atoms with van der Waals surface area (Å²) in [5.41, 5.74) is 5.18. The molecule has 1 saturated heterocycles. The number of benzene rings is 1. The third kappa shape index (κ3) is 6.20. The van der Waals surface area contributed by atoms with Gasteiger partial charge in [0.05, 0.1) is 5.69 Å². The Morgan fingerprint density at radius 3 is 2.60 bits per heavy atom. The van der Waals surface area contributed by atoms with Crippen molar-refractivity contribution in [1.29, 1.82) is 0 Å². The average molecular weight is 524 g/mol. The van der Waals surface area contributed by atoms with Gasteiger partial charge >= 0.3 is 0 Å². The van der Waals surface area contributed by atoms with Crippen LogP contribution in [0.15, 0.2) is 35.3 Å². The topological polar surface area (TPSA) is 57.5 Å². The van der Waals surface area contributed by atoms with Gasteiger partial charge in [-0.25, -0.2) is 0 Å². The summed E-state index contributed by atoms with van der Waals surface area (Å²) < 4.78 is 2.02. The number of guanidine groups is 1. The van der Waals surface area contributed by atoms with E-state index in [4.69, 9.17) is 0 Å². The molecule has 0 bridgehead atoms. The van der Waals surface area contributed by atoms with Crippen molar-refractivity contribution in [3.8, 4) is 0 Å². The minimum atomic E-state index is 0. The van der Waals surface area contributed by atoms with Crippen molar-refractivity contribution in [2.24, 2.45) is 12.0 Å². The number of aromatic nitrogens is 2. The highest BCUT2D eigenvalue weighted by Gasteiger charge is 2.24. The Morgan fingerprint density at radius 2 is 1.93 bits per heavy atom. The van der Waals surface area contributed by atoms with Gasteiger partial charge in [-0.05, 0) is 37.8 Å². The van der Waals surface area contributed by atoms with E-state index >= 15 is 0 Å². The summed E-state index contributed by atoms with van der Waals surface area (Å²) in [7, 11) is 3.88. The summed E-state index contributed by atoms with van der Waals surface area (Å²) in [6.45, 7) is 8.23. The molecular weight excluding hydrogens is 487 g/mol. The summed E-state index contributed by atoms with van der Waals surface area (Å²) in [5, 5.41) is 11.7. The molecule has 3 rings (SSSR count). The second-order valence-electron chi connectivity index (χ2n) is 7.76. The zero-order valence-electron chi connectivity index (χ0n) is 18.8. The summed E-state index contributed by atoms with van der Waals surface area (Å²) >= 11 is 0. The van der Waals surface area contributed by atoms with Gasteiger partial charge in [0.15, 0.2) is 5.96 Å². The first-order valence-corrected chi connectivity index (χ1v) is 10.9. The minimum absolute atomic E-state index is 0. The molecule has 30 heavy (non-hydrogen) atoms. The summed E-state index contributed by atoms with van der Waals surface area (Å²) in [6.07, 6.45) is 4.44. The number of hydrogen-bond donors (Lipinski definition) is 2. The minimum Gasteiger partial charge on any atom is -0.355 e. The molecular formula is C23H37IN6. The highest BCUT2D eigenvalue weighted by Crippen LogP contribution is 2.19. The van der Waals surface area contributed by atoms with Crippen molar-refractivity contribution in [2.45, 2.75) is 58.7 Å². The zero-order chi connectivity index (χ0) is 20.6. The van der Waals surface area contributed by atoms with Gasteiger partial charge in [-0.15, -0.1) is 24.0 Å². The molecule has 7 heteroatoms. The lowest BCUT2D eigenvalue weighted by molar-refractivity contribution is 0.245. The smallest absolute Gasteiger partial charge is 0.191 e. The first-order chi connectivity index (χ1) is 14.2. The van der Waals surface area contributed by atoms with E-state index in [0.717, 1.165) is 38.4 Å². The van der Waals surface area contributed by atoms with Gasteiger partial charge in [-0.3, -0.25) is 14.6 Å². The molecule has 2 heterocycles. The predicted octanol–water partition coefficient (Wildman–Crippen LogP) is 3.49. The van der Waals surface area contributed by atoms with Crippen molar-refractivity contribution in [3.05, 3.63) is 52.8 Å². The maximum Gasteiger partial charge on any atom is 0.191 e. The van der Waals surface area contributed by atoms with E-state index in [-0.39, 0.29) is 24.0 Å². The van der Waals surface area contributed by atoms with Gasteiger partial charge < -0.3 is 10.6 Å². The van der Waals surface area contributed by atoms with E-state index < -0.39 is 0 Å². The average Bonchev–Trinajstić information content (AvgIpc) is 3.31. The molecule has 1 atom stereocenters. The van der Waals surface area contributed by atoms with Crippen molar-refractivity contribution in [2.75, 3.05) is 20.1 Å². The van der Waals surface area contributed by atoms with Crippen LogP contribution in [0.5, 0.6) is 0 Å². The van der Waals surface area contributed by atoms with E-state index in [0.29, 0.717) is 6.04 Å². The summed E-state index contributed by atoms with van der Waals surface area (Å²) in [4.78, 5) is 7.02. The van der Waals surface area contributed by atoms with Gasteiger partial charge in [-0.2, -0.15) is 5.10 Å². The molecule has 6 nitrogen and oxygen atoms in total. The second-order valence-corrected chi connectivity index (χ2v) is 7.76. The van der Waals surface area contributed by atoms with Crippen molar-refractivity contribution >= 4 is 29.9 Å². The van der Waals surface area contributed by atoms with Gasteiger partial charge in [-0.1, -0.05) is 44.2 Å². The molecule has 0 aliphatic carbocycles. The number of hydrogen-bond acceptors (Lipinski definition) is 3. The van der Waals surface area contributed by atoms with Crippen LogP contribution in [-0.2, 0) is 33.0 Å². The molecule has 0 radical (unpaired) electrons. The Hall–Kier alpha value is -1.61. The maximum absolute atomic E-state index is 4.67. The van der Waals surface area contributed by atoms with E-state index in [9.17, 15) is 0 Å². The van der Waals surface area contributed by atoms with Crippen LogP contribution in [-0.4, -0.2) is 46.8 Å². The van der Waals surface area contributed by atoms with Crippen LogP contribution >= 0.6 is 24.0 Å². The second kappa shape index (κ2) is 12.3. The monoisotopic (exact) mass is 524 g/mol. The number of likely N-dealkylation sites (tertiary alicyclic amines) is 1. The molecule has 1 aliphatic rings. The van der Waals surface area contributed by atoms with Crippen molar-refractivity contribution in [3.63, 3.8) is 0 Å².